The van der Waals surface area contributed by atoms with E-state index in [2.05, 4.69) is 13.8 Å². The lowest BCUT2D eigenvalue weighted by atomic mass is 9.67. The molecular formula is C18H32N2O4. The maximum atomic E-state index is 12.4. The highest BCUT2D eigenvalue weighted by molar-refractivity contribution is 5.80. The minimum Gasteiger partial charge on any atom is -0.444 e. The number of aliphatic hydroxyl groups excluding tert-OH is 1. The van der Waals surface area contributed by atoms with Crippen molar-refractivity contribution in [2.75, 3.05) is 19.6 Å². The molecule has 0 saturated carbocycles. The molecule has 0 aliphatic carbocycles. The van der Waals surface area contributed by atoms with E-state index in [1.807, 2.05) is 25.7 Å². The van der Waals surface area contributed by atoms with Crippen LogP contribution in [0, 0.1) is 11.3 Å². The van der Waals surface area contributed by atoms with Gasteiger partial charge in [0.1, 0.15) is 11.7 Å². The van der Waals surface area contributed by atoms with Crippen molar-refractivity contribution in [1.29, 1.82) is 0 Å². The average molecular weight is 340 g/mol. The molecule has 0 bridgehead atoms. The van der Waals surface area contributed by atoms with Gasteiger partial charge in [0.05, 0.1) is 0 Å². The summed E-state index contributed by atoms with van der Waals surface area (Å²) >= 11 is 0. The van der Waals surface area contributed by atoms with Gasteiger partial charge in [0.2, 0.25) is 0 Å². The largest absolute Gasteiger partial charge is 0.444 e. The van der Waals surface area contributed by atoms with E-state index >= 15 is 0 Å². The van der Waals surface area contributed by atoms with Crippen LogP contribution in [0.25, 0.3) is 0 Å². The molecule has 2 fully saturated rings. The Morgan fingerprint density at radius 1 is 1.21 bits per heavy atom. The highest BCUT2D eigenvalue weighted by Gasteiger charge is 2.53. The lowest BCUT2D eigenvalue weighted by molar-refractivity contribution is -0.143. The zero-order valence-corrected chi connectivity index (χ0v) is 15.8. The highest BCUT2D eigenvalue weighted by Crippen LogP contribution is 2.45. The van der Waals surface area contributed by atoms with Crippen LogP contribution in [0.5, 0.6) is 0 Å². The van der Waals surface area contributed by atoms with Crippen LogP contribution in [0.2, 0.25) is 0 Å². The number of likely N-dealkylation sites (tertiary alicyclic amines) is 2. The number of rotatable bonds is 2. The summed E-state index contributed by atoms with van der Waals surface area (Å²) < 4.78 is 5.54. The van der Waals surface area contributed by atoms with Crippen LogP contribution in [-0.2, 0) is 9.53 Å². The van der Waals surface area contributed by atoms with Crippen molar-refractivity contribution >= 4 is 12.0 Å². The van der Waals surface area contributed by atoms with Crippen LogP contribution in [0.15, 0.2) is 0 Å². The van der Waals surface area contributed by atoms with Crippen LogP contribution in [-0.4, -0.2) is 64.3 Å². The number of aliphatic hydroxyl groups is 1. The molecule has 6 nitrogen and oxygen atoms in total. The van der Waals surface area contributed by atoms with Gasteiger partial charge < -0.3 is 19.6 Å². The van der Waals surface area contributed by atoms with Crippen molar-refractivity contribution in [3.8, 4) is 0 Å². The molecule has 24 heavy (non-hydrogen) atoms. The first-order valence-electron chi connectivity index (χ1n) is 8.89. The van der Waals surface area contributed by atoms with E-state index in [0.717, 1.165) is 12.8 Å². The van der Waals surface area contributed by atoms with Crippen LogP contribution >= 0.6 is 0 Å². The standard InChI is InChI=1S/C18H32N2O4/c1-12(21)15(22)19-9-7-13(8-10-19)14-18(5,6)11-20(14)16(23)24-17(2,3)4/h12-14,21H,7-11H2,1-6H3/t12-,14+/m0/s1. The maximum absolute atomic E-state index is 12.4. The van der Waals surface area contributed by atoms with E-state index in [1.165, 1.54) is 6.92 Å². The molecule has 2 heterocycles. The minimum absolute atomic E-state index is 0.0675. The molecule has 138 valence electrons. The summed E-state index contributed by atoms with van der Waals surface area (Å²) in [6.45, 7) is 13.5. The van der Waals surface area contributed by atoms with Gasteiger partial charge in [-0.3, -0.25) is 4.79 Å². The van der Waals surface area contributed by atoms with Crippen molar-refractivity contribution in [2.24, 2.45) is 11.3 Å². The molecule has 2 saturated heterocycles. The van der Waals surface area contributed by atoms with Gasteiger partial charge in [0.25, 0.3) is 5.91 Å². The fraction of sp³-hybridized carbons (Fsp3) is 0.889. The molecule has 0 aromatic rings. The normalized spacial score (nSPS) is 25.9. The summed E-state index contributed by atoms with van der Waals surface area (Å²) in [5.74, 6) is 0.157. The van der Waals surface area contributed by atoms with Gasteiger partial charge >= 0.3 is 6.09 Å². The van der Waals surface area contributed by atoms with Gasteiger partial charge in [-0.2, -0.15) is 0 Å². The van der Waals surface area contributed by atoms with Crippen molar-refractivity contribution in [2.45, 2.75) is 72.1 Å². The van der Waals surface area contributed by atoms with Crippen molar-refractivity contribution < 1.29 is 19.4 Å². The summed E-state index contributed by atoms with van der Waals surface area (Å²) in [6, 6.07) is 0.149. The Bertz CT molecular complexity index is 488. The van der Waals surface area contributed by atoms with E-state index in [4.69, 9.17) is 4.74 Å². The Kier molecular flexibility index (Phi) is 5.19. The molecule has 2 atom stereocenters. The average Bonchev–Trinajstić information content (AvgIpc) is 2.43. The summed E-state index contributed by atoms with van der Waals surface area (Å²) in [5.41, 5.74) is -0.424. The second kappa shape index (κ2) is 6.54. The number of nitrogens with zero attached hydrogens (tertiary/aromatic N) is 2. The van der Waals surface area contributed by atoms with E-state index in [0.29, 0.717) is 25.6 Å². The number of piperidine rings is 1. The molecule has 0 aromatic heterocycles. The van der Waals surface area contributed by atoms with Crippen LogP contribution in [0.3, 0.4) is 0 Å². The quantitative estimate of drug-likeness (QED) is 0.837. The molecule has 2 rings (SSSR count). The summed E-state index contributed by atoms with van der Waals surface area (Å²) in [6.07, 6.45) is 0.520. The third-order valence-electron chi connectivity index (χ3n) is 5.00. The molecule has 2 aliphatic heterocycles. The first-order chi connectivity index (χ1) is 10.9. The first kappa shape index (κ1) is 19.0. The molecule has 0 radical (unpaired) electrons. The number of hydrogen-bond acceptors (Lipinski definition) is 4. The second-order valence-corrected chi connectivity index (χ2v) is 8.88. The van der Waals surface area contributed by atoms with E-state index in [1.54, 1.807) is 4.90 Å². The number of hydrogen-bond donors (Lipinski definition) is 1. The van der Waals surface area contributed by atoms with E-state index in [-0.39, 0.29) is 23.5 Å². The summed E-state index contributed by atoms with van der Waals surface area (Å²) in [5, 5.41) is 9.45. The smallest absolute Gasteiger partial charge is 0.410 e. The van der Waals surface area contributed by atoms with Crippen LogP contribution in [0.4, 0.5) is 4.79 Å². The first-order valence-corrected chi connectivity index (χ1v) is 8.89. The van der Waals surface area contributed by atoms with Crippen molar-refractivity contribution in [3.63, 3.8) is 0 Å². The van der Waals surface area contributed by atoms with Crippen LogP contribution in [0.1, 0.15) is 54.4 Å². The Hall–Kier alpha value is -1.30. The highest BCUT2D eigenvalue weighted by atomic mass is 16.6. The number of ether oxygens (including phenoxy) is 1. The van der Waals surface area contributed by atoms with Crippen LogP contribution < -0.4 is 0 Å². The molecule has 1 N–H and O–H groups in total. The zero-order chi connectivity index (χ0) is 18.3. The van der Waals surface area contributed by atoms with Gasteiger partial charge in [-0.15, -0.1) is 0 Å². The lowest BCUT2D eigenvalue weighted by Gasteiger charge is -2.58. The molecule has 2 amide bonds. The fourth-order valence-corrected chi connectivity index (χ4v) is 4.03. The van der Waals surface area contributed by atoms with Gasteiger partial charge in [0.15, 0.2) is 0 Å². The molecule has 0 unspecified atom stereocenters. The Morgan fingerprint density at radius 2 is 1.75 bits per heavy atom. The fourth-order valence-electron chi connectivity index (χ4n) is 4.03. The Labute approximate surface area is 145 Å². The van der Waals surface area contributed by atoms with Crippen molar-refractivity contribution in [1.82, 2.24) is 9.80 Å². The molecule has 0 spiro atoms. The van der Waals surface area contributed by atoms with Gasteiger partial charge in [-0.05, 0) is 46.5 Å². The van der Waals surface area contributed by atoms with Gasteiger partial charge in [-0.1, -0.05) is 13.8 Å². The number of amides is 2. The van der Waals surface area contributed by atoms with Crippen molar-refractivity contribution in [3.05, 3.63) is 0 Å². The molecule has 0 aromatic carbocycles. The monoisotopic (exact) mass is 340 g/mol. The van der Waals surface area contributed by atoms with E-state index < -0.39 is 11.7 Å². The Morgan fingerprint density at radius 3 is 2.17 bits per heavy atom. The zero-order valence-electron chi connectivity index (χ0n) is 15.8. The third kappa shape index (κ3) is 4.02. The third-order valence-corrected chi connectivity index (χ3v) is 5.00. The topological polar surface area (TPSA) is 70.1 Å². The number of carbonyl (C=O) groups is 2. The van der Waals surface area contributed by atoms with Gasteiger partial charge in [-0.25, -0.2) is 4.79 Å². The maximum Gasteiger partial charge on any atom is 0.410 e. The predicted molar refractivity (Wildman–Crippen MR) is 91.5 cm³/mol. The van der Waals surface area contributed by atoms with E-state index in [9.17, 15) is 14.7 Å². The Balaban J connectivity index is 1.99. The SMILES string of the molecule is C[C@H](O)C(=O)N1CCC([C@H]2N(C(=O)OC(C)(C)C)CC2(C)C)CC1. The lowest BCUT2D eigenvalue weighted by Crippen LogP contribution is -2.68. The van der Waals surface area contributed by atoms with Gasteiger partial charge in [0, 0.05) is 31.1 Å². The molecular weight excluding hydrogens is 308 g/mol. The second-order valence-electron chi connectivity index (χ2n) is 8.88. The number of carbonyl (C=O) groups excluding carboxylic acids is 2. The molecule has 6 heteroatoms. The summed E-state index contributed by atoms with van der Waals surface area (Å²) in [7, 11) is 0. The predicted octanol–water partition coefficient (Wildman–Crippen LogP) is 2.25. The minimum atomic E-state index is -0.944. The molecule has 2 aliphatic rings. The summed E-state index contributed by atoms with van der Waals surface area (Å²) in [4.78, 5) is 27.9.